The molecule has 0 aromatic heterocycles. The van der Waals surface area contributed by atoms with Gasteiger partial charge in [0, 0.05) is 0 Å². The molecule has 0 aromatic rings. The maximum atomic E-state index is 10.8. The summed E-state index contributed by atoms with van der Waals surface area (Å²) < 4.78 is 0. The number of hydrogen-bond acceptors (Lipinski definition) is 3. The van der Waals surface area contributed by atoms with E-state index in [-0.39, 0.29) is 6.42 Å². The Morgan fingerprint density at radius 1 is 0.750 bits per heavy atom. The van der Waals surface area contributed by atoms with Gasteiger partial charge in [-0.25, -0.2) is 0 Å². The Kier molecular flexibility index (Phi) is 11.7. The summed E-state index contributed by atoms with van der Waals surface area (Å²) in [4.78, 5) is 21.7. The molecule has 0 atom stereocenters. The topological polar surface area (TPSA) is 94.8 Å². The van der Waals surface area contributed by atoms with Crippen LogP contribution in [-0.2, 0) is 9.59 Å². The van der Waals surface area contributed by atoms with E-state index in [1.165, 1.54) is 70.6 Å². The van der Waals surface area contributed by atoms with Crippen LogP contribution in [0.5, 0.6) is 0 Å². The minimum atomic E-state index is -1.62. The SMILES string of the molecule is CC1(CCCCCCCCCCCC(O)(CC(=O)O)CC(=O)O)CCCCC1. The summed E-state index contributed by atoms with van der Waals surface area (Å²) in [6, 6.07) is 0. The van der Waals surface area contributed by atoms with Gasteiger partial charge in [0.2, 0.25) is 0 Å². The van der Waals surface area contributed by atoms with Gasteiger partial charge < -0.3 is 15.3 Å². The number of aliphatic carboxylic acids is 2. The molecule has 3 N–H and O–H groups in total. The number of hydrogen-bond donors (Lipinski definition) is 3. The lowest BCUT2D eigenvalue weighted by molar-refractivity contribution is -0.149. The molecule has 0 aliphatic heterocycles. The first kappa shape index (κ1) is 24.9. The lowest BCUT2D eigenvalue weighted by atomic mass is 9.72. The Hall–Kier alpha value is -1.10. The van der Waals surface area contributed by atoms with E-state index in [4.69, 9.17) is 10.2 Å². The summed E-state index contributed by atoms with van der Waals surface area (Å²) in [5.41, 5.74) is -1.01. The standard InChI is InChI=1S/C23H42O5/c1-22(15-11-9-12-16-22)14-10-7-5-3-2-4-6-8-13-17-23(28,18-20(24)25)19-21(26)27/h28H,2-19H2,1H3,(H,24,25)(H,26,27). The fourth-order valence-corrected chi connectivity index (χ4v) is 4.70. The van der Waals surface area contributed by atoms with Gasteiger partial charge in [-0.15, -0.1) is 0 Å². The zero-order chi connectivity index (χ0) is 20.9. The van der Waals surface area contributed by atoms with Crippen molar-refractivity contribution in [2.75, 3.05) is 0 Å². The van der Waals surface area contributed by atoms with Crippen LogP contribution in [0, 0.1) is 5.41 Å². The van der Waals surface area contributed by atoms with Crippen LogP contribution in [0.4, 0.5) is 0 Å². The second-order valence-electron chi connectivity index (χ2n) is 9.42. The van der Waals surface area contributed by atoms with Crippen molar-refractivity contribution in [3.8, 4) is 0 Å². The van der Waals surface area contributed by atoms with Gasteiger partial charge in [-0.3, -0.25) is 9.59 Å². The lowest BCUT2D eigenvalue weighted by Gasteiger charge is -2.33. The van der Waals surface area contributed by atoms with Crippen molar-refractivity contribution >= 4 is 11.9 Å². The van der Waals surface area contributed by atoms with Gasteiger partial charge in [-0.1, -0.05) is 84.0 Å². The summed E-state index contributed by atoms with van der Waals surface area (Å²) in [6.07, 6.45) is 18.1. The highest BCUT2D eigenvalue weighted by Gasteiger charge is 2.32. The first-order chi connectivity index (χ1) is 13.2. The second-order valence-corrected chi connectivity index (χ2v) is 9.42. The van der Waals surface area contributed by atoms with Gasteiger partial charge in [0.15, 0.2) is 0 Å². The third kappa shape index (κ3) is 11.7. The fraction of sp³-hybridized carbons (Fsp3) is 0.913. The van der Waals surface area contributed by atoms with Crippen molar-refractivity contribution in [2.24, 2.45) is 5.41 Å². The molecule has 28 heavy (non-hydrogen) atoms. The van der Waals surface area contributed by atoms with E-state index in [1.54, 1.807) is 0 Å². The molecule has 1 aliphatic rings. The van der Waals surface area contributed by atoms with Gasteiger partial charge in [0.1, 0.15) is 0 Å². The van der Waals surface area contributed by atoms with Crippen molar-refractivity contribution in [1.82, 2.24) is 0 Å². The average molecular weight is 399 g/mol. The molecule has 1 rings (SSSR count). The summed E-state index contributed by atoms with van der Waals surface area (Å²) in [5, 5.41) is 27.9. The largest absolute Gasteiger partial charge is 0.481 e. The molecule has 1 fully saturated rings. The molecule has 0 aromatic carbocycles. The smallest absolute Gasteiger partial charge is 0.306 e. The number of rotatable bonds is 16. The Labute approximate surface area is 170 Å². The fourth-order valence-electron chi connectivity index (χ4n) is 4.70. The minimum Gasteiger partial charge on any atom is -0.481 e. The highest BCUT2D eigenvalue weighted by molar-refractivity contribution is 5.72. The Balaban J connectivity index is 1.99. The summed E-state index contributed by atoms with van der Waals surface area (Å²) >= 11 is 0. The lowest BCUT2D eigenvalue weighted by Crippen LogP contribution is -2.34. The minimum absolute atomic E-state index is 0.240. The van der Waals surface area contributed by atoms with E-state index in [0.717, 1.165) is 19.3 Å². The zero-order valence-corrected chi connectivity index (χ0v) is 17.9. The van der Waals surface area contributed by atoms with Gasteiger partial charge in [-0.05, 0) is 31.1 Å². The van der Waals surface area contributed by atoms with Crippen LogP contribution in [0.1, 0.15) is 122 Å². The Bertz CT molecular complexity index is 438. The molecule has 1 saturated carbocycles. The number of aliphatic hydroxyl groups is 1. The van der Waals surface area contributed by atoms with Crippen molar-refractivity contribution < 1.29 is 24.9 Å². The first-order valence-electron chi connectivity index (χ1n) is 11.4. The normalized spacial score (nSPS) is 16.8. The van der Waals surface area contributed by atoms with Crippen LogP contribution in [0.15, 0.2) is 0 Å². The van der Waals surface area contributed by atoms with Gasteiger partial charge in [-0.2, -0.15) is 0 Å². The van der Waals surface area contributed by atoms with E-state index in [0.29, 0.717) is 11.8 Å². The van der Waals surface area contributed by atoms with Crippen molar-refractivity contribution in [2.45, 2.75) is 128 Å². The Morgan fingerprint density at radius 3 is 1.64 bits per heavy atom. The monoisotopic (exact) mass is 398 g/mol. The molecule has 0 saturated heterocycles. The van der Waals surface area contributed by atoms with E-state index in [9.17, 15) is 14.7 Å². The molecule has 0 radical (unpaired) electrons. The van der Waals surface area contributed by atoms with Crippen LogP contribution < -0.4 is 0 Å². The molecule has 0 spiro atoms. The number of unbranched alkanes of at least 4 members (excludes halogenated alkanes) is 8. The highest BCUT2D eigenvalue weighted by Crippen LogP contribution is 2.40. The first-order valence-corrected chi connectivity index (χ1v) is 11.4. The molecular weight excluding hydrogens is 356 g/mol. The number of carbonyl (C=O) groups is 2. The van der Waals surface area contributed by atoms with Gasteiger partial charge in [0.25, 0.3) is 0 Å². The molecular formula is C23H42O5. The molecule has 164 valence electrons. The maximum Gasteiger partial charge on any atom is 0.306 e. The van der Waals surface area contributed by atoms with Crippen LogP contribution in [0.25, 0.3) is 0 Å². The van der Waals surface area contributed by atoms with Gasteiger partial charge in [0.05, 0.1) is 18.4 Å². The van der Waals surface area contributed by atoms with Crippen molar-refractivity contribution in [3.05, 3.63) is 0 Å². The third-order valence-corrected chi connectivity index (χ3v) is 6.44. The molecule has 5 nitrogen and oxygen atoms in total. The summed E-state index contributed by atoms with van der Waals surface area (Å²) in [5.74, 6) is -2.30. The Morgan fingerprint density at radius 2 is 1.18 bits per heavy atom. The molecule has 5 heteroatoms. The number of carboxylic acid groups (broad SMARTS) is 2. The molecule has 1 aliphatic carbocycles. The quantitative estimate of drug-likeness (QED) is 0.280. The predicted octanol–water partition coefficient (Wildman–Crippen LogP) is 5.93. The van der Waals surface area contributed by atoms with Crippen LogP contribution in [0.2, 0.25) is 0 Å². The van der Waals surface area contributed by atoms with Gasteiger partial charge >= 0.3 is 11.9 Å². The van der Waals surface area contributed by atoms with Crippen LogP contribution in [0.3, 0.4) is 0 Å². The van der Waals surface area contributed by atoms with Crippen molar-refractivity contribution in [3.63, 3.8) is 0 Å². The van der Waals surface area contributed by atoms with E-state index < -0.39 is 30.4 Å². The van der Waals surface area contributed by atoms with E-state index in [1.807, 2.05) is 0 Å². The molecule has 0 amide bonds. The highest BCUT2D eigenvalue weighted by atomic mass is 16.4. The molecule has 0 bridgehead atoms. The summed E-state index contributed by atoms with van der Waals surface area (Å²) in [6.45, 7) is 2.47. The van der Waals surface area contributed by atoms with Crippen LogP contribution >= 0.6 is 0 Å². The third-order valence-electron chi connectivity index (χ3n) is 6.44. The predicted molar refractivity (Wildman–Crippen MR) is 111 cm³/mol. The zero-order valence-electron chi connectivity index (χ0n) is 17.9. The van der Waals surface area contributed by atoms with Crippen molar-refractivity contribution in [1.29, 1.82) is 0 Å². The summed E-state index contributed by atoms with van der Waals surface area (Å²) in [7, 11) is 0. The van der Waals surface area contributed by atoms with Crippen LogP contribution in [-0.4, -0.2) is 32.9 Å². The second kappa shape index (κ2) is 13.2. The average Bonchev–Trinajstić information content (AvgIpc) is 2.58. The number of carboxylic acids is 2. The van der Waals surface area contributed by atoms with E-state index in [2.05, 4.69) is 6.92 Å². The molecule has 0 unspecified atom stereocenters. The van der Waals surface area contributed by atoms with E-state index >= 15 is 0 Å². The maximum absolute atomic E-state index is 10.8. The molecule has 0 heterocycles.